The van der Waals surface area contributed by atoms with E-state index in [1.165, 1.54) is 0 Å². The van der Waals surface area contributed by atoms with Crippen molar-refractivity contribution in [3.8, 4) is 0 Å². The van der Waals surface area contributed by atoms with E-state index in [-0.39, 0.29) is 17.8 Å². The number of carbonyl (C=O) groups is 3. The summed E-state index contributed by atoms with van der Waals surface area (Å²) in [5, 5.41) is 0. The molecule has 2 aliphatic rings. The van der Waals surface area contributed by atoms with Crippen molar-refractivity contribution in [1.29, 1.82) is 0 Å². The highest BCUT2D eigenvalue weighted by Gasteiger charge is 2.42. The number of pyridine rings is 1. The Morgan fingerprint density at radius 3 is 2.50 bits per heavy atom. The molecule has 2 fully saturated rings. The number of aromatic nitrogens is 1. The van der Waals surface area contributed by atoms with Gasteiger partial charge in [-0.2, -0.15) is 0 Å². The fraction of sp³-hybridized carbons (Fsp3) is 0.667. The summed E-state index contributed by atoms with van der Waals surface area (Å²) in [6.45, 7) is 4.05. The summed E-state index contributed by atoms with van der Waals surface area (Å²) in [6.07, 6.45) is 7.07. The van der Waals surface area contributed by atoms with Crippen LogP contribution in [0.15, 0.2) is 24.5 Å². The largest absolute Gasteiger partial charge is 0.457 e. The number of likely N-dealkylation sites (N-methyl/N-ethyl adjacent to an activating group) is 1. The molecule has 0 aromatic carbocycles. The van der Waals surface area contributed by atoms with E-state index in [2.05, 4.69) is 9.88 Å². The maximum atomic E-state index is 12.9. The molecule has 32 heavy (non-hydrogen) atoms. The molecule has 8 nitrogen and oxygen atoms in total. The second-order valence-corrected chi connectivity index (χ2v) is 9.10. The summed E-state index contributed by atoms with van der Waals surface area (Å²) in [5.41, 5.74) is -0.101. The first-order valence-electron chi connectivity index (χ1n) is 11.5. The van der Waals surface area contributed by atoms with E-state index in [4.69, 9.17) is 9.47 Å². The Morgan fingerprint density at radius 1 is 1.16 bits per heavy atom. The lowest BCUT2D eigenvalue weighted by molar-refractivity contribution is -0.172. The normalized spacial score (nSPS) is 26.0. The van der Waals surface area contributed by atoms with Crippen LogP contribution in [0.25, 0.3) is 0 Å². The van der Waals surface area contributed by atoms with Crippen molar-refractivity contribution in [2.75, 3.05) is 40.3 Å². The smallest absolute Gasteiger partial charge is 0.316 e. The molecule has 2 aliphatic heterocycles. The van der Waals surface area contributed by atoms with Gasteiger partial charge in [-0.3, -0.25) is 19.4 Å². The molecule has 8 heteroatoms. The van der Waals surface area contributed by atoms with Crippen LogP contribution >= 0.6 is 0 Å². The van der Waals surface area contributed by atoms with Crippen molar-refractivity contribution in [2.24, 2.45) is 5.92 Å². The number of piperidine rings is 1. The number of ether oxygens (including phenoxy) is 2. The van der Waals surface area contributed by atoms with Gasteiger partial charge in [-0.15, -0.1) is 0 Å². The van der Waals surface area contributed by atoms with Crippen molar-refractivity contribution < 1.29 is 23.9 Å². The monoisotopic (exact) mass is 445 g/mol. The maximum absolute atomic E-state index is 12.9. The first-order valence-corrected chi connectivity index (χ1v) is 11.5. The Labute approximate surface area is 190 Å². The second-order valence-electron chi connectivity index (χ2n) is 9.10. The molecule has 0 radical (unpaired) electrons. The van der Waals surface area contributed by atoms with Gasteiger partial charge in [0.2, 0.25) is 0 Å². The first kappa shape index (κ1) is 24.3. The van der Waals surface area contributed by atoms with E-state index < -0.39 is 17.5 Å². The van der Waals surface area contributed by atoms with Crippen molar-refractivity contribution in [3.05, 3.63) is 30.1 Å². The Kier molecular flexibility index (Phi) is 8.37. The third-order valence-corrected chi connectivity index (χ3v) is 6.71. The van der Waals surface area contributed by atoms with Gasteiger partial charge < -0.3 is 19.3 Å². The molecular formula is C24H35N3O5. The molecule has 3 heterocycles. The Bertz CT molecular complexity index is 792. The lowest BCUT2D eigenvalue weighted by Gasteiger charge is -2.43. The third kappa shape index (κ3) is 6.13. The quantitative estimate of drug-likeness (QED) is 0.510. The number of esters is 1. The summed E-state index contributed by atoms with van der Waals surface area (Å²) >= 11 is 0. The lowest BCUT2D eigenvalue weighted by atomic mass is 9.89. The molecule has 2 saturated heterocycles. The number of methoxy groups -OCH3 is 1. The zero-order chi connectivity index (χ0) is 23.1. The van der Waals surface area contributed by atoms with Crippen LogP contribution in [0.5, 0.6) is 0 Å². The van der Waals surface area contributed by atoms with E-state index in [0.29, 0.717) is 50.9 Å². The molecule has 3 rings (SSSR count). The van der Waals surface area contributed by atoms with E-state index in [1.54, 1.807) is 43.5 Å². The molecule has 2 atom stereocenters. The Morgan fingerprint density at radius 2 is 1.84 bits per heavy atom. The SMILES string of the molecule is COC1CCCN(C)CC2(CCN(C(=O)c3ccncc3)CC2)OC(=O)C(C)C(=O)CC1. The van der Waals surface area contributed by atoms with Crippen LogP contribution in [-0.4, -0.2) is 84.5 Å². The van der Waals surface area contributed by atoms with Crippen LogP contribution in [0.3, 0.4) is 0 Å². The van der Waals surface area contributed by atoms with Gasteiger partial charge in [0, 0.05) is 64.0 Å². The highest BCUT2D eigenvalue weighted by Crippen LogP contribution is 2.30. The van der Waals surface area contributed by atoms with Gasteiger partial charge in [-0.25, -0.2) is 0 Å². The highest BCUT2D eigenvalue weighted by molar-refractivity contribution is 5.98. The van der Waals surface area contributed by atoms with Crippen LogP contribution < -0.4 is 0 Å². The van der Waals surface area contributed by atoms with Gasteiger partial charge in [0.05, 0.1) is 6.10 Å². The summed E-state index contributed by atoms with van der Waals surface area (Å²) < 4.78 is 11.6. The van der Waals surface area contributed by atoms with E-state index in [0.717, 1.165) is 19.4 Å². The molecule has 0 aliphatic carbocycles. The minimum Gasteiger partial charge on any atom is -0.457 e. The molecule has 1 amide bonds. The van der Waals surface area contributed by atoms with Gasteiger partial charge in [0.1, 0.15) is 17.3 Å². The molecule has 0 N–H and O–H groups in total. The zero-order valence-electron chi connectivity index (χ0n) is 19.4. The molecule has 2 unspecified atom stereocenters. The van der Waals surface area contributed by atoms with Crippen LogP contribution in [-0.2, 0) is 19.1 Å². The van der Waals surface area contributed by atoms with Gasteiger partial charge in [-0.1, -0.05) is 0 Å². The van der Waals surface area contributed by atoms with E-state index in [1.807, 2.05) is 7.05 Å². The summed E-state index contributed by atoms with van der Waals surface area (Å²) in [6, 6.07) is 3.42. The average Bonchev–Trinajstić information content (AvgIpc) is 2.81. The van der Waals surface area contributed by atoms with Crippen molar-refractivity contribution in [2.45, 2.75) is 57.2 Å². The van der Waals surface area contributed by atoms with Gasteiger partial charge in [-0.05, 0) is 51.9 Å². The zero-order valence-corrected chi connectivity index (χ0v) is 19.4. The average molecular weight is 446 g/mol. The van der Waals surface area contributed by atoms with Gasteiger partial charge >= 0.3 is 5.97 Å². The minimum absolute atomic E-state index is 0.0210. The minimum atomic E-state index is -0.799. The fourth-order valence-electron chi connectivity index (χ4n) is 4.58. The second kappa shape index (κ2) is 11.0. The number of Topliss-reactive ketones (excluding diaryl/α,β-unsaturated/α-hetero) is 1. The summed E-state index contributed by atoms with van der Waals surface area (Å²) in [4.78, 5) is 46.3. The van der Waals surface area contributed by atoms with Crippen LogP contribution in [0, 0.1) is 5.92 Å². The molecule has 1 spiro atoms. The number of nitrogens with zero attached hydrogens (tertiary/aromatic N) is 3. The van der Waals surface area contributed by atoms with Crippen molar-refractivity contribution in [1.82, 2.24) is 14.8 Å². The summed E-state index contributed by atoms with van der Waals surface area (Å²) in [5.74, 6) is -1.41. The van der Waals surface area contributed by atoms with Crippen LogP contribution in [0.2, 0.25) is 0 Å². The third-order valence-electron chi connectivity index (χ3n) is 6.71. The predicted molar refractivity (Wildman–Crippen MR) is 119 cm³/mol. The summed E-state index contributed by atoms with van der Waals surface area (Å²) in [7, 11) is 3.70. The van der Waals surface area contributed by atoms with Gasteiger partial charge in [0.25, 0.3) is 5.91 Å². The topological polar surface area (TPSA) is 89.0 Å². The van der Waals surface area contributed by atoms with Crippen LogP contribution in [0.1, 0.15) is 55.8 Å². The lowest BCUT2D eigenvalue weighted by Crippen LogP contribution is -2.54. The number of likely N-dealkylation sites (tertiary alicyclic amines) is 1. The number of rotatable bonds is 2. The molecule has 176 valence electrons. The number of ketones is 1. The fourth-order valence-corrected chi connectivity index (χ4v) is 4.58. The molecule has 1 aromatic heterocycles. The number of hydrogen-bond donors (Lipinski definition) is 0. The van der Waals surface area contributed by atoms with Crippen molar-refractivity contribution >= 4 is 17.7 Å². The Hall–Kier alpha value is -2.32. The Balaban J connectivity index is 1.73. The molecule has 0 bridgehead atoms. The molecule has 1 aromatic rings. The molecular weight excluding hydrogens is 410 g/mol. The standard InChI is InChI=1S/C24H35N3O5/c1-18-21(28)7-6-20(31-3)5-4-14-26(2)17-24(32-23(18)30)10-15-27(16-11-24)22(29)19-8-12-25-13-9-19/h8-9,12-13,18,20H,4-7,10-11,14-17H2,1-3H3. The molecule has 0 saturated carbocycles. The number of hydrogen-bond acceptors (Lipinski definition) is 7. The van der Waals surface area contributed by atoms with Crippen molar-refractivity contribution in [3.63, 3.8) is 0 Å². The van der Waals surface area contributed by atoms with Crippen LogP contribution in [0.4, 0.5) is 0 Å². The van der Waals surface area contributed by atoms with E-state index in [9.17, 15) is 14.4 Å². The maximum Gasteiger partial charge on any atom is 0.316 e. The first-order chi connectivity index (χ1) is 15.3. The number of amides is 1. The van der Waals surface area contributed by atoms with E-state index >= 15 is 0 Å². The predicted octanol–water partition coefficient (Wildman–Crippen LogP) is 2.33. The highest BCUT2D eigenvalue weighted by atomic mass is 16.6. The number of carbonyl (C=O) groups excluding carboxylic acids is 3. The van der Waals surface area contributed by atoms with Gasteiger partial charge in [0.15, 0.2) is 0 Å².